The average Bonchev–Trinajstić information content (AvgIpc) is 2.47. The second-order valence-corrected chi connectivity index (χ2v) is 8.04. The van der Waals surface area contributed by atoms with E-state index < -0.39 is 0 Å². The molecule has 0 aromatic heterocycles. The van der Waals surface area contributed by atoms with Crippen LogP contribution in [0.15, 0.2) is 11.6 Å². The van der Waals surface area contributed by atoms with Crippen molar-refractivity contribution in [1.29, 1.82) is 0 Å². The third kappa shape index (κ3) is 16.0. The Kier molecular flexibility index (Phi) is 14.4. The minimum atomic E-state index is 0.869. The van der Waals surface area contributed by atoms with Crippen LogP contribution in [0.25, 0.3) is 0 Å². The van der Waals surface area contributed by atoms with E-state index >= 15 is 0 Å². The number of hydrogen-bond donors (Lipinski definition) is 0. The molecule has 23 heavy (non-hydrogen) atoms. The van der Waals surface area contributed by atoms with Gasteiger partial charge in [0, 0.05) is 6.42 Å². The molecule has 0 unspecified atom stereocenters. The van der Waals surface area contributed by atoms with Crippen molar-refractivity contribution < 1.29 is 0 Å². The zero-order valence-electron chi connectivity index (χ0n) is 16.9. The molecule has 0 radical (unpaired) electrons. The molecule has 0 heteroatoms. The van der Waals surface area contributed by atoms with E-state index in [-0.39, 0.29) is 0 Å². The van der Waals surface area contributed by atoms with Crippen molar-refractivity contribution in [2.45, 2.75) is 106 Å². The van der Waals surface area contributed by atoms with Crippen molar-refractivity contribution in [1.82, 2.24) is 0 Å². The Morgan fingerprint density at radius 3 is 1.87 bits per heavy atom. The van der Waals surface area contributed by atoms with Gasteiger partial charge in [0.1, 0.15) is 0 Å². The van der Waals surface area contributed by atoms with Gasteiger partial charge in [0.05, 0.1) is 0 Å². The van der Waals surface area contributed by atoms with Crippen molar-refractivity contribution in [3.63, 3.8) is 0 Å². The van der Waals surface area contributed by atoms with Crippen molar-refractivity contribution in [2.24, 2.45) is 17.8 Å². The summed E-state index contributed by atoms with van der Waals surface area (Å²) in [6.07, 6.45) is 15.7. The van der Waals surface area contributed by atoms with Gasteiger partial charge in [0.25, 0.3) is 0 Å². The highest BCUT2D eigenvalue weighted by atomic mass is 14.1. The Labute approximate surface area is 147 Å². The van der Waals surface area contributed by atoms with Gasteiger partial charge < -0.3 is 0 Å². The van der Waals surface area contributed by atoms with Crippen molar-refractivity contribution in [3.8, 4) is 11.8 Å². The van der Waals surface area contributed by atoms with Gasteiger partial charge >= 0.3 is 0 Å². The number of allylic oxidation sites excluding steroid dienone is 2. The van der Waals surface area contributed by atoms with E-state index in [0.29, 0.717) is 0 Å². The fraction of sp³-hybridized carbons (Fsp3) is 0.826. The second kappa shape index (κ2) is 14.9. The second-order valence-electron chi connectivity index (χ2n) is 8.04. The van der Waals surface area contributed by atoms with Gasteiger partial charge in [0.2, 0.25) is 0 Å². The molecule has 0 bridgehead atoms. The largest absolute Gasteiger partial charge is 0.106 e. The molecule has 0 aliphatic rings. The Hall–Kier alpha value is -0.700. The molecule has 0 rings (SSSR count). The summed E-state index contributed by atoms with van der Waals surface area (Å²) in [6.45, 7) is 13.7. The summed E-state index contributed by atoms with van der Waals surface area (Å²) in [5.74, 6) is 8.75. The van der Waals surface area contributed by atoms with Gasteiger partial charge in [-0.3, -0.25) is 0 Å². The molecule has 0 heterocycles. The van der Waals surface area contributed by atoms with Crippen LogP contribution in [0.1, 0.15) is 106 Å². The summed E-state index contributed by atoms with van der Waals surface area (Å²) in [5, 5.41) is 0. The normalized spacial score (nSPS) is 14.5. The Balaban J connectivity index is 3.60. The summed E-state index contributed by atoms with van der Waals surface area (Å²) in [7, 11) is 0. The summed E-state index contributed by atoms with van der Waals surface area (Å²) < 4.78 is 0. The molecule has 0 saturated carbocycles. The fourth-order valence-electron chi connectivity index (χ4n) is 3.14. The first-order valence-electron chi connectivity index (χ1n) is 10.0. The Bertz CT molecular complexity index is 350. The van der Waals surface area contributed by atoms with E-state index in [1.807, 2.05) is 6.92 Å². The Morgan fingerprint density at radius 2 is 1.35 bits per heavy atom. The summed E-state index contributed by atoms with van der Waals surface area (Å²) in [5.41, 5.74) is 1.51. The van der Waals surface area contributed by atoms with Crippen LogP contribution in [0, 0.1) is 29.6 Å². The van der Waals surface area contributed by atoms with Gasteiger partial charge in [-0.1, -0.05) is 90.2 Å². The highest BCUT2D eigenvalue weighted by Crippen LogP contribution is 2.22. The van der Waals surface area contributed by atoms with Crippen LogP contribution in [0.5, 0.6) is 0 Å². The molecule has 0 fully saturated rings. The summed E-state index contributed by atoms with van der Waals surface area (Å²) >= 11 is 0. The maximum atomic E-state index is 3.11. The van der Waals surface area contributed by atoms with E-state index in [1.54, 1.807) is 0 Å². The van der Waals surface area contributed by atoms with Crippen molar-refractivity contribution in [3.05, 3.63) is 11.6 Å². The van der Waals surface area contributed by atoms with E-state index in [0.717, 1.165) is 24.2 Å². The lowest BCUT2D eigenvalue weighted by molar-refractivity contribution is 0.389. The zero-order chi connectivity index (χ0) is 17.5. The highest BCUT2D eigenvalue weighted by molar-refractivity contribution is 5.07. The molecule has 0 spiro atoms. The molecular formula is C23H42. The molecule has 0 saturated heterocycles. The lowest BCUT2D eigenvalue weighted by Crippen LogP contribution is -2.00. The predicted octanol–water partition coefficient (Wildman–Crippen LogP) is 7.79. The maximum Gasteiger partial charge on any atom is 0.0272 e. The molecule has 2 atom stereocenters. The van der Waals surface area contributed by atoms with Gasteiger partial charge in [0.15, 0.2) is 0 Å². The van der Waals surface area contributed by atoms with Gasteiger partial charge in [-0.15, -0.1) is 5.92 Å². The van der Waals surface area contributed by atoms with E-state index in [1.165, 1.54) is 63.4 Å². The number of hydrogen-bond acceptors (Lipinski definition) is 0. The standard InChI is InChI=1S/C23H42/c1-7-8-9-14-21(4)16-11-18-23(6)19-12-17-22(5)15-10-13-20(2)3/h14,20,22-23H,9-13,15-19H2,1-6H3/t22-,23+/m1/s1. The quantitative estimate of drug-likeness (QED) is 0.240. The summed E-state index contributed by atoms with van der Waals surface area (Å²) in [4.78, 5) is 0. The molecule has 0 amide bonds. The van der Waals surface area contributed by atoms with Gasteiger partial charge in [-0.25, -0.2) is 0 Å². The highest BCUT2D eigenvalue weighted by Gasteiger charge is 2.06. The number of rotatable bonds is 13. The zero-order valence-corrected chi connectivity index (χ0v) is 16.9. The van der Waals surface area contributed by atoms with Crippen molar-refractivity contribution >= 4 is 0 Å². The van der Waals surface area contributed by atoms with Crippen LogP contribution >= 0.6 is 0 Å². The first-order valence-corrected chi connectivity index (χ1v) is 10.0. The predicted molar refractivity (Wildman–Crippen MR) is 107 cm³/mol. The van der Waals surface area contributed by atoms with Crippen LogP contribution in [0.2, 0.25) is 0 Å². The monoisotopic (exact) mass is 318 g/mol. The van der Waals surface area contributed by atoms with Gasteiger partial charge in [-0.05, 0) is 44.4 Å². The smallest absolute Gasteiger partial charge is 0.0272 e. The molecule has 0 aromatic carbocycles. The van der Waals surface area contributed by atoms with E-state index in [2.05, 4.69) is 52.5 Å². The lowest BCUT2D eigenvalue weighted by Gasteiger charge is -2.15. The van der Waals surface area contributed by atoms with Crippen LogP contribution < -0.4 is 0 Å². The molecule has 0 N–H and O–H groups in total. The third-order valence-corrected chi connectivity index (χ3v) is 4.87. The SMILES string of the molecule is CC#CCC=C(C)CCC[C@H](C)CCC[C@H](C)CCCC(C)C. The molecule has 0 nitrogen and oxygen atoms in total. The minimum Gasteiger partial charge on any atom is -0.106 e. The maximum absolute atomic E-state index is 3.11. The molecule has 0 aliphatic carbocycles. The first kappa shape index (κ1) is 22.3. The van der Waals surface area contributed by atoms with E-state index in [4.69, 9.17) is 0 Å². The molecular weight excluding hydrogens is 276 g/mol. The third-order valence-electron chi connectivity index (χ3n) is 4.87. The lowest BCUT2D eigenvalue weighted by atomic mass is 9.91. The molecule has 0 aliphatic heterocycles. The minimum absolute atomic E-state index is 0.869. The topological polar surface area (TPSA) is 0 Å². The van der Waals surface area contributed by atoms with Crippen LogP contribution in [0.4, 0.5) is 0 Å². The fourth-order valence-corrected chi connectivity index (χ4v) is 3.14. The van der Waals surface area contributed by atoms with E-state index in [9.17, 15) is 0 Å². The average molecular weight is 319 g/mol. The molecule has 0 aromatic rings. The molecule has 134 valence electrons. The van der Waals surface area contributed by atoms with Crippen LogP contribution in [0.3, 0.4) is 0 Å². The summed E-state index contributed by atoms with van der Waals surface area (Å²) in [6, 6.07) is 0. The van der Waals surface area contributed by atoms with Crippen molar-refractivity contribution in [2.75, 3.05) is 0 Å². The van der Waals surface area contributed by atoms with Crippen LogP contribution in [-0.4, -0.2) is 0 Å². The van der Waals surface area contributed by atoms with Gasteiger partial charge in [-0.2, -0.15) is 0 Å². The first-order chi connectivity index (χ1) is 11.0. The van der Waals surface area contributed by atoms with Crippen LogP contribution in [-0.2, 0) is 0 Å². The Morgan fingerprint density at radius 1 is 0.826 bits per heavy atom.